The van der Waals surface area contributed by atoms with E-state index in [2.05, 4.69) is 4.90 Å². The molecule has 0 radical (unpaired) electrons. The fraction of sp³-hybridized carbons (Fsp3) is 1.00. The summed E-state index contributed by atoms with van der Waals surface area (Å²) in [5, 5.41) is 9.16. The van der Waals surface area contributed by atoms with Crippen LogP contribution in [0.1, 0.15) is 32.1 Å². The Hall–Kier alpha value is -0.210. The lowest BCUT2D eigenvalue weighted by Gasteiger charge is -2.33. The minimum Gasteiger partial charge on any atom is -0.396 e. The summed E-state index contributed by atoms with van der Waals surface area (Å²) in [4.78, 5) is 2.45. The van der Waals surface area contributed by atoms with Crippen molar-refractivity contribution in [1.29, 1.82) is 0 Å². The second kappa shape index (κ2) is 6.50. The minimum absolute atomic E-state index is 0.175. The van der Waals surface area contributed by atoms with Gasteiger partial charge in [-0.05, 0) is 51.1 Å². The molecule has 6 nitrogen and oxygen atoms in total. The van der Waals surface area contributed by atoms with E-state index in [1.807, 2.05) is 0 Å². The molecule has 0 aromatic rings. The third kappa shape index (κ3) is 3.27. The molecule has 0 aromatic heterocycles. The van der Waals surface area contributed by atoms with Gasteiger partial charge in [0, 0.05) is 38.8 Å². The number of rotatable bonds is 4. The van der Waals surface area contributed by atoms with Gasteiger partial charge in [0.15, 0.2) is 0 Å². The molecule has 0 aromatic carbocycles. The minimum atomic E-state index is -3.30. The van der Waals surface area contributed by atoms with E-state index in [1.165, 1.54) is 12.8 Å². The van der Waals surface area contributed by atoms with Crippen molar-refractivity contribution in [3.63, 3.8) is 0 Å². The van der Waals surface area contributed by atoms with Crippen LogP contribution in [0.25, 0.3) is 0 Å². The van der Waals surface area contributed by atoms with Gasteiger partial charge >= 0.3 is 0 Å². The molecule has 0 amide bonds. The predicted octanol–water partition coefficient (Wildman–Crippen LogP) is 0.106. The van der Waals surface area contributed by atoms with Crippen LogP contribution in [0.15, 0.2) is 0 Å². The zero-order chi connectivity index (χ0) is 14.9. The van der Waals surface area contributed by atoms with E-state index in [-0.39, 0.29) is 12.5 Å². The average Bonchev–Trinajstić information content (AvgIpc) is 3.18. The van der Waals surface area contributed by atoms with Crippen LogP contribution >= 0.6 is 0 Å². The summed E-state index contributed by atoms with van der Waals surface area (Å²) in [6.45, 7) is 4.85. The molecule has 3 heterocycles. The standard InChI is InChI=1S/C14H27N3O3S/c18-12-13-3-8-16(9-4-13)21(19,20)17-10-5-14(11-17)15-6-1-2-7-15/h13-14,18H,1-12H2. The van der Waals surface area contributed by atoms with Crippen LogP contribution in [0.3, 0.4) is 0 Å². The number of hydrogen-bond donors (Lipinski definition) is 1. The molecule has 3 fully saturated rings. The van der Waals surface area contributed by atoms with Crippen molar-refractivity contribution in [2.24, 2.45) is 5.92 Å². The third-order valence-electron chi connectivity index (χ3n) is 5.27. The van der Waals surface area contributed by atoms with Gasteiger partial charge < -0.3 is 5.11 Å². The molecule has 1 unspecified atom stereocenters. The summed E-state index contributed by atoms with van der Waals surface area (Å²) >= 11 is 0. The molecular weight excluding hydrogens is 290 g/mol. The van der Waals surface area contributed by atoms with E-state index in [1.54, 1.807) is 8.61 Å². The Morgan fingerprint density at radius 3 is 2.14 bits per heavy atom. The SMILES string of the molecule is O=S(=O)(N1CCC(CO)CC1)N1CCC(N2CCCC2)C1. The highest BCUT2D eigenvalue weighted by Crippen LogP contribution is 2.26. The van der Waals surface area contributed by atoms with Gasteiger partial charge in [-0.1, -0.05) is 0 Å². The topological polar surface area (TPSA) is 64.1 Å². The smallest absolute Gasteiger partial charge is 0.282 e. The molecule has 3 saturated heterocycles. The Balaban J connectivity index is 1.58. The maximum absolute atomic E-state index is 12.7. The van der Waals surface area contributed by atoms with Gasteiger partial charge in [0.1, 0.15) is 0 Å². The highest BCUT2D eigenvalue weighted by atomic mass is 32.2. The monoisotopic (exact) mass is 317 g/mol. The molecule has 3 aliphatic heterocycles. The molecule has 21 heavy (non-hydrogen) atoms. The second-order valence-corrected chi connectivity index (χ2v) is 8.50. The Morgan fingerprint density at radius 1 is 0.905 bits per heavy atom. The van der Waals surface area contributed by atoms with Crippen molar-refractivity contribution >= 4 is 10.2 Å². The van der Waals surface area contributed by atoms with Crippen LogP contribution < -0.4 is 0 Å². The quantitative estimate of drug-likeness (QED) is 0.799. The lowest BCUT2D eigenvalue weighted by molar-refractivity contribution is 0.166. The number of hydrogen-bond acceptors (Lipinski definition) is 4. The van der Waals surface area contributed by atoms with Gasteiger partial charge in [-0.15, -0.1) is 0 Å². The molecule has 0 spiro atoms. The van der Waals surface area contributed by atoms with Crippen molar-refractivity contribution < 1.29 is 13.5 Å². The van der Waals surface area contributed by atoms with E-state index in [0.29, 0.717) is 32.2 Å². The molecule has 1 N–H and O–H groups in total. The number of likely N-dealkylation sites (tertiary alicyclic amines) is 1. The zero-order valence-electron chi connectivity index (χ0n) is 12.7. The number of piperidine rings is 1. The first-order valence-corrected chi connectivity index (χ1v) is 9.61. The Morgan fingerprint density at radius 2 is 1.52 bits per heavy atom. The van der Waals surface area contributed by atoms with Crippen molar-refractivity contribution in [3.05, 3.63) is 0 Å². The summed E-state index contributed by atoms with van der Waals surface area (Å²) in [5.74, 6) is 0.271. The van der Waals surface area contributed by atoms with Crippen LogP contribution in [0.5, 0.6) is 0 Å². The highest BCUT2D eigenvalue weighted by Gasteiger charge is 2.39. The van der Waals surface area contributed by atoms with Crippen molar-refractivity contribution in [2.75, 3.05) is 45.9 Å². The Kier molecular flexibility index (Phi) is 4.85. The molecule has 122 valence electrons. The fourth-order valence-corrected chi connectivity index (χ4v) is 5.51. The number of nitrogens with zero attached hydrogens (tertiary/aromatic N) is 3. The van der Waals surface area contributed by atoms with E-state index in [4.69, 9.17) is 5.11 Å². The van der Waals surface area contributed by atoms with Gasteiger partial charge in [0.25, 0.3) is 10.2 Å². The van der Waals surface area contributed by atoms with Crippen molar-refractivity contribution in [1.82, 2.24) is 13.5 Å². The first-order chi connectivity index (χ1) is 10.1. The number of aliphatic hydroxyl groups is 1. The van der Waals surface area contributed by atoms with Gasteiger partial charge in [0.2, 0.25) is 0 Å². The van der Waals surface area contributed by atoms with E-state index in [0.717, 1.165) is 32.4 Å². The largest absolute Gasteiger partial charge is 0.396 e. The van der Waals surface area contributed by atoms with Crippen LogP contribution in [0.4, 0.5) is 0 Å². The molecule has 3 rings (SSSR count). The normalized spacial score (nSPS) is 31.2. The molecule has 0 aliphatic carbocycles. The maximum Gasteiger partial charge on any atom is 0.282 e. The van der Waals surface area contributed by atoms with Crippen LogP contribution in [0, 0.1) is 5.92 Å². The fourth-order valence-electron chi connectivity index (χ4n) is 3.81. The van der Waals surface area contributed by atoms with Gasteiger partial charge in [0.05, 0.1) is 0 Å². The summed E-state index contributed by atoms with van der Waals surface area (Å²) in [6, 6.07) is 0.414. The first-order valence-electron chi connectivity index (χ1n) is 8.21. The molecule has 3 aliphatic rings. The van der Waals surface area contributed by atoms with Crippen molar-refractivity contribution in [3.8, 4) is 0 Å². The van der Waals surface area contributed by atoms with Crippen LogP contribution in [0.2, 0.25) is 0 Å². The molecule has 0 saturated carbocycles. The molecular formula is C14H27N3O3S. The van der Waals surface area contributed by atoms with Gasteiger partial charge in [-0.3, -0.25) is 4.90 Å². The summed E-state index contributed by atoms with van der Waals surface area (Å²) in [7, 11) is -3.30. The average molecular weight is 317 g/mol. The zero-order valence-corrected chi connectivity index (χ0v) is 13.5. The number of aliphatic hydroxyl groups excluding tert-OH is 1. The third-order valence-corrected chi connectivity index (χ3v) is 7.27. The molecule has 7 heteroatoms. The van der Waals surface area contributed by atoms with E-state index in [9.17, 15) is 8.42 Å². The Bertz CT molecular complexity index is 442. The van der Waals surface area contributed by atoms with E-state index >= 15 is 0 Å². The lowest BCUT2D eigenvalue weighted by Crippen LogP contribution is -2.47. The highest BCUT2D eigenvalue weighted by molar-refractivity contribution is 7.86. The first kappa shape index (κ1) is 15.7. The summed E-state index contributed by atoms with van der Waals surface area (Å²) in [5.41, 5.74) is 0. The van der Waals surface area contributed by atoms with Gasteiger partial charge in [-0.25, -0.2) is 0 Å². The molecule has 0 bridgehead atoms. The van der Waals surface area contributed by atoms with Crippen LogP contribution in [-0.4, -0.2) is 79.0 Å². The van der Waals surface area contributed by atoms with Gasteiger partial charge in [-0.2, -0.15) is 17.0 Å². The second-order valence-electron chi connectivity index (χ2n) is 6.58. The Labute approximate surface area is 127 Å². The predicted molar refractivity (Wildman–Crippen MR) is 81.1 cm³/mol. The van der Waals surface area contributed by atoms with E-state index < -0.39 is 10.2 Å². The summed E-state index contributed by atoms with van der Waals surface area (Å²) in [6.07, 6.45) is 5.01. The van der Waals surface area contributed by atoms with Crippen LogP contribution in [-0.2, 0) is 10.2 Å². The van der Waals surface area contributed by atoms with Crippen molar-refractivity contribution in [2.45, 2.75) is 38.1 Å². The molecule has 1 atom stereocenters. The summed E-state index contributed by atoms with van der Waals surface area (Å²) < 4.78 is 28.7. The maximum atomic E-state index is 12.7. The lowest BCUT2D eigenvalue weighted by atomic mass is 10.00.